The minimum atomic E-state index is 0.0127. The van der Waals surface area contributed by atoms with Crippen LogP contribution in [0.5, 0.6) is 0 Å². The highest BCUT2D eigenvalue weighted by atomic mass is 32.1. The SMILES string of the molecule is Cc1nn(Cc2ccccc2)c2sc(C(=O)NCC[NH+](C(C)C)C(C)C)cc12. The molecule has 150 valence electrons. The van der Waals surface area contributed by atoms with Crippen LogP contribution in [0.1, 0.15) is 48.6 Å². The van der Waals surface area contributed by atoms with Crippen molar-refractivity contribution in [2.45, 2.75) is 53.2 Å². The van der Waals surface area contributed by atoms with Gasteiger partial charge in [-0.15, -0.1) is 11.3 Å². The lowest BCUT2D eigenvalue weighted by molar-refractivity contribution is -0.941. The lowest BCUT2D eigenvalue weighted by Crippen LogP contribution is -3.18. The summed E-state index contributed by atoms with van der Waals surface area (Å²) in [5.41, 5.74) is 2.17. The molecule has 0 aliphatic rings. The first-order valence-electron chi connectivity index (χ1n) is 10.0. The van der Waals surface area contributed by atoms with Gasteiger partial charge >= 0.3 is 0 Å². The second kappa shape index (κ2) is 8.88. The van der Waals surface area contributed by atoms with Gasteiger partial charge in [0.15, 0.2) is 0 Å². The van der Waals surface area contributed by atoms with E-state index in [9.17, 15) is 4.79 Å². The van der Waals surface area contributed by atoms with E-state index in [-0.39, 0.29) is 5.91 Å². The number of hydrogen-bond acceptors (Lipinski definition) is 3. The molecule has 2 aromatic heterocycles. The van der Waals surface area contributed by atoms with Crippen molar-refractivity contribution in [2.75, 3.05) is 13.1 Å². The molecule has 0 radical (unpaired) electrons. The summed E-state index contributed by atoms with van der Waals surface area (Å²) in [4.78, 5) is 16.0. The number of carbonyl (C=O) groups excluding carboxylic acids is 1. The van der Waals surface area contributed by atoms with Crippen LogP contribution in [0.15, 0.2) is 36.4 Å². The van der Waals surface area contributed by atoms with Crippen LogP contribution in [0.2, 0.25) is 0 Å². The zero-order valence-electron chi connectivity index (χ0n) is 17.5. The first kappa shape index (κ1) is 20.6. The summed E-state index contributed by atoms with van der Waals surface area (Å²) in [6.07, 6.45) is 0. The highest BCUT2D eigenvalue weighted by molar-refractivity contribution is 7.20. The number of hydrogen-bond donors (Lipinski definition) is 2. The molecule has 0 spiro atoms. The maximum atomic E-state index is 12.7. The minimum absolute atomic E-state index is 0.0127. The number of aromatic nitrogens is 2. The second-order valence-corrected chi connectivity index (χ2v) is 8.98. The number of benzene rings is 1. The van der Waals surface area contributed by atoms with Crippen molar-refractivity contribution in [1.29, 1.82) is 0 Å². The summed E-state index contributed by atoms with van der Waals surface area (Å²) in [5.74, 6) is 0.0127. The minimum Gasteiger partial charge on any atom is -0.346 e. The Bertz CT molecular complexity index is 919. The van der Waals surface area contributed by atoms with Crippen LogP contribution in [-0.2, 0) is 6.54 Å². The van der Waals surface area contributed by atoms with E-state index in [4.69, 9.17) is 0 Å². The summed E-state index contributed by atoms with van der Waals surface area (Å²) < 4.78 is 2.00. The van der Waals surface area contributed by atoms with E-state index in [1.54, 1.807) is 0 Å². The summed E-state index contributed by atoms with van der Waals surface area (Å²) in [7, 11) is 0. The predicted molar refractivity (Wildman–Crippen MR) is 116 cm³/mol. The average molecular weight is 400 g/mol. The van der Waals surface area contributed by atoms with Gasteiger partial charge in [-0.3, -0.25) is 9.48 Å². The molecule has 0 atom stereocenters. The molecular weight excluding hydrogens is 368 g/mol. The van der Waals surface area contributed by atoms with Gasteiger partial charge in [-0.1, -0.05) is 30.3 Å². The zero-order valence-corrected chi connectivity index (χ0v) is 18.3. The van der Waals surface area contributed by atoms with Crippen LogP contribution in [0.3, 0.4) is 0 Å². The monoisotopic (exact) mass is 399 g/mol. The highest BCUT2D eigenvalue weighted by Crippen LogP contribution is 2.28. The normalized spacial score (nSPS) is 11.9. The first-order valence-corrected chi connectivity index (χ1v) is 10.8. The third kappa shape index (κ3) is 4.62. The fraction of sp³-hybridized carbons (Fsp3) is 0.455. The van der Waals surface area contributed by atoms with Crippen LogP contribution >= 0.6 is 11.3 Å². The highest BCUT2D eigenvalue weighted by Gasteiger charge is 2.19. The molecule has 28 heavy (non-hydrogen) atoms. The lowest BCUT2D eigenvalue weighted by atomic mass is 10.2. The van der Waals surface area contributed by atoms with Crippen molar-refractivity contribution in [1.82, 2.24) is 15.1 Å². The first-order chi connectivity index (χ1) is 13.4. The number of carbonyl (C=O) groups is 1. The summed E-state index contributed by atoms with van der Waals surface area (Å²) in [6.45, 7) is 13.3. The van der Waals surface area contributed by atoms with Gasteiger partial charge in [-0.25, -0.2) is 0 Å². The van der Waals surface area contributed by atoms with Crippen LogP contribution < -0.4 is 10.2 Å². The Hall–Kier alpha value is -2.18. The largest absolute Gasteiger partial charge is 0.346 e. The molecule has 0 unspecified atom stereocenters. The average Bonchev–Trinajstić information content (AvgIpc) is 3.20. The van der Waals surface area contributed by atoms with Gasteiger partial charge in [0.1, 0.15) is 4.83 Å². The van der Waals surface area contributed by atoms with E-state index in [1.807, 2.05) is 35.9 Å². The van der Waals surface area contributed by atoms with E-state index in [0.717, 1.165) is 27.3 Å². The Balaban J connectivity index is 1.70. The Labute approximate surface area is 171 Å². The number of fused-ring (bicyclic) bond motifs is 1. The topological polar surface area (TPSA) is 51.4 Å². The molecule has 3 rings (SSSR count). The maximum absolute atomic E-state index is 12.7. The van der Waals surface area contributed by atoms with Crippen molar-refractivity contribution >= 4 is 27.5 Å². The molecule has 0 fully saturated rings. The molecule has 0 aliphatic carbocycles. The van der Waals surface area contributed by atoms with E-state index in [1.165, 1.54) is 21.8 Å². The van der Waals surface area contributed by atoms with Gasteiger partial charge < -0.3 is 10.2 Å². The maximum Gasteiger partial charge on any atom is 0.261 e. The Morgan fingerprint density at radius 1 is 1.18 bits per heavy atom. The van der Waals surface area contributed by atoms with Crippen molar-refractivity contribution < 1.29 is 9.69 Å². The number of thiophene rings is 1. The van der Waals surface area contributed by atoms with E-state index in [0.29, 0.717) is 25.2 Å². The molecular formula is C22H31N4OS+. The second-order valence-electron chi connectivity index (χ2n) is 7.95. The molecule has 1 aromatic carbocycles. The molecule has 3 aromatic rings. The molecule has 1 amide bonds. The fourth-order valence-corrected chi connectivity index (χ4v) is 4.82. The number of nitrogens with one attached hydrogen (secondary N) is 2. The molecule has 6 heteroatoms. The van der Waals surface area contributed by atoms with Gasteiger partial charge in [-0.05, 0) is 46.2 Å². The summed E-state index contributed by atoms with van der Waals surface area (Å²) >= 11 is 1.53. The van der Waals surface area contributed by atoms with Crippen molar-refractivity contribution in [3.63, 3.8) is 0 Å². The number of amides is 1. The molecule has 0 aliphatic heterocycles. The third-order valence-electron chi connectivity index (χ3n) is 5.19. The van der Waals surface area contributed by atoms with Gasteiger partial charge in [0.25, 0.3) is 5.91 Å². The number of aryl methyl sites for hydroxylation is 1. The Kier molecular flexibility index (Phi) is 6.52. The molecule has 5 nitrogen and oxygen atoms in total. The standard InChI is InChI=1S/C22H30N4OS/c1-15(2)25(16(3)4)12-11-23-21(27)20-13-19-17(5)24-26(22(19)28-20)14-18-9-7-6-8-10-18/h6-10,13,15-16H,11-12,14H2,1-5H3,(H,23,27)/p+1. The summed E-state index contributed by atoms with van der Waals surface area (Å²) in [5, 5.41) is 8.83. The molecule has 0 bridgehead atoms. The Morgan fingerprint density at radius 2 is 1.86 bits per heavy atom. The van der Waals surface area contributed by atoms with Gasteiger partial charge in [0, 0.05) is 5.39 Å². The Morgan fingerprint density at radius 3 is 2.50 bits per heavy atom. The number of quaternary nitrogens is 1. The van der Waals surface area contributed by atoms with Crippen LogP contribution in [-0.4, -0.2) is 40.9 Å². The lowest BCUT2D eigenvalue weighted by Gasteiger charge is -2.27. The van der Waals surface area contributed by atoms with Gasteiger partial charge in [-0.2, -0.15) is 5.10 Å². The van der Waals surface area contributed by atoms with E-state index < -0.39 is 0 Å². The molecule has 0 saturated carbocycles. The third-order valence-corrected chi connectivity index (χ3v) is 6.34. The quantitative estimate of drug-likeness (QED) is 0.612. The van der Waals surface area contributed by atoms with Crippen LogP contribution in [0, 0.1) is 6.92 Å². The van der Waals surface area contributed by atoms with E-state index >= 15 is 0 Å². The molecule has 0 saturated heterocycles. The zero-order chi connectivity index (χ0) is 20.3. The number of nitrogens with zero attached hydrogens (tertiary/aromatic N) is 2. The number of rotatable bonds is 8. The van der Waals surface area contributed by atoms with Crippen molar-refractivity contribution in [3.8, 4) is 0 Å². The summed E-state index contributed by atoms with van der Waals surface area (Å²) in [6, 6.07) is 13.4. The van der Waals surface area contributed by atoms with E-state index in [2.05, 4.69) is 50.2 Å². The fourth-order valence-electron chi connectivity index (χ4n) is 3.74. The van der Waals surface area contributed by atoms with Gasteiger partial charge in [0.05, 0.1) is 42.3 Å². The van der Waals surface area contributed by atoms with Crippen LogP contribution in [0.25, 0.3) is 10.2 Å². The van der Waals surface area contributed by atoms with Crippen LogP contribution in [0.4, 0.5) is 0 Å². The molecule has 2 heterocycles. The smallest absolute Gasteiger partial charge is 0.261 e. The predicted octanol–water partition coefficient (Wildman–Crippen LogP) is 2.89. The van der Waals surface area contributed by atoms with Gasteiger partial charge in [0.2, 0.25) is 0 Å². The molecule has 2 N–H and O–H groups in total. The van der Waals surface area contributed by atoms with Crippen molar-refractivity contribution in [3.05, 3.63) is 52.5 Å². The van der Waals surface area contributed by atoms with Crippen molar-refractivity contribution in [2.24, 2.45) is 0 Å².